The monoisotopic (exact) mass is 355 g/mol. The number of ketones is 1. The molecular weight excluding hydrogens is 341 g/mol. The molecule has 0 saturated heterocycles. The number of hydrogen-bond donors (Lipinski definition) is 0. The van der Waals surface area contributed by atoms with Crippen LogP contribution >= 0.6 is 34.8 Å². The van der Waals surface area contributed by atoms with Crippen molar-refractivity contribution >= 4 is 46.6 Å². The Balaban J connectivity index is 3.13. The van der Waals surface area contributed by atoms with E-state index in [1.54, 1.807) is 4.57 Å². The van der Waals surface area contributed by atoms with Crippen LogP contribution in [-0.4, -0.2) is 39.9 Å². The molecule has 1 aromatic heterocycles. The Morgan fingerprint density at radius 1 is 1.38 bits per heavy atom. The minimum absolute atomic E-state index is 0.124. The number of nitrogens with zero attached hydrogens (tertiary/aromatic N) is 1. The van der Waals surface area contributed by atoms with Crippen LogP contribution in [0.2, 0.25) is 0 Å². The van der Waals surface area contributed by atoms with E-state index >= 15 is 0 Å². The van der Waals surface area contributed by atoms with Gasteiger partial charge in [-0.3, -0.25) is 4.79 Å². The van der Waals surface area contributed by atoms with Crippen LogP contribution < -0.4 is 0 Å². The fraction of sp³-hybridized carbons (Fsp3) is 0.538. The highest BCUT2D eigenvalue weighted by Crippen LogP contribution is 2.31. The van der Waals surface area contributed by atoms with Gasteiger partial charge in [0.05, 0.1) is 13.2 Å². The molecule has 0 N–H and O–H groups in total. The molecule has 0 bridgehead atoms. The van der Waals surface area contributed by atoms with E-state index < -0.39 is 15.5 Å². The first-order chi connectivity index (χ1) is 9.70. The molecule has 0 aliphatic carbocycles. The second kappa shape index (κ2) is 7.49. The lowest BCUT2D eigenvalue weighted by molar-refractivity contribution is 0.0543. The van der Waals surface area contributed by atoms with Crippen molar-refractivity contribution < 1.29 is 19.1 Å². The van der Waals surface area contributed by atoms with E-state index in [2.05, 4.69) is 4.74 Å². The summed E-state index contributed by atoms with van der Waals surface area (Å²) in [5, 5.41) is 0. The number of hydrogen-bond acceptors (Lipinski definition) is 4. The number of aromatic nitrogens is 1. The van der Waals surface area contributed by atoms with Gasteiger partial charge in [0.15, 0.2) is 0 Å². The molecule has 0 radical (unpaired) electrons. The Bertz CT molecular complexity index is 522. The Morgan fingerprint density at radius 2 is 2.00 bits per heavy atom. The highest BCUT2D eigenvalue weighted by Gasteiger charge is 2.33. The van der Waals surface area contributed by atoms with E-state index in [1.807, 2.05) is 13.8 Å². The molecule has 1 heterocycles. The van der Waals surface area contributed by atoms with Crippen LogP contribution in [0.5, 0.6) is 0 Å². The summed E-state index contributed by atoms with van der Waals surface area (Å²) in [7, 11) is 1.25. The molecule has 1 rings (SSSR count). The number of carbonyl (C=O) groups excluding carboxylic acids is 2. The third-order valence-corrected chi connectivity index (χ3v) is 3.23. The van der Waals surface area contributed by atoms with Crippen molar-refractivity contribution in [3.05, 3.63) is 23.5 Å². The summed E-state index contributed by atoms with van der Waals surface area (Å²) >= 11 is 16.7. The molecule has 0 aliphatic heterocycles. The number of Topliss-reactive ketones (excluding diaryl/α,β-unsaturated/α-hetero) is 1. The molecule has 1 aromatic rings. The van der Waals surface area contributed by atoms with Crippen LogP contribution in [0.4, 0.5) is 0 Å². The molecule has 0 amide bonds. The summed E-state index contributed by atoms with van der Waals surface area (Å²) in [6, 6.07) is 1.34. The van der Waals surface area contributed by atoms with Crippen molar-refractivity contribution in [1.29, 1.82) is 0 Å². The van der Waals surface area contributed by atoms with Crippen LogP contribution in [0.1, 0.15) is 34.7 Å². The average Bonchev–Trinajstić information content (AvgIpc) is 2.79. The van der Waals surface area contributed by atoms with Crippen LogP contribution in [0.25, 0.3) is 0 Å². The number of ether oxygens (including phenoxy) is 2. The van der Waals surface area contributed by atoms with Gasteiger partial charge in [-0.05, 0) is 19.9 Å². The lowest BCUT2D eigenvalue weighted by atomic mass is 10.2. The molecule has 0 fully saturated rings. The maximum absolute atomic E-state index is 12.0. The van der Waals surface area contributed by atoms with E-state index in [-0.39, 0.29) is 17.4 Å². The average molecular weight is 357 g/mol. The molecule has 0 aromatic carbocycles. The zero-order valence-corrected chi connectivity index (χ0v) is 14.1. The smallest absolute Gasteiger partial charge is 0.354 e. The van der Waals surface area contributed by atoms with Crippen molar-refractivity contribution in [2.24, 2.45) is 0 Å². The van der Waals surface area contributed by atoms with Gasteiger partial charge in [-0.1, -0.05) is 34.8 Å². The van der Waals surface area contributed by atoms with Crippen molar-refractivity contribution in [3.63, 3.8) is 0 Å². The molecule has 0 saturated carbocycles. The van der Waals surface area contributed by atoms with Crippen molar-refractivity contribution in [2.75, 3.05) is 13.7 Å². The number of carbonyl (C=O) groups is 2. The first-order valence-corrected chi connectivity index (χ1v) is 7.35. The summed E-state index contributed by atoms with van der Waals surface area (Å²) in [6.07, 6.45) is 1.30. The minimum Gasteiger partial charge on any atom is -0.464 e. The predicted molar refractivity (Wildman–Crippen MR) is 81.5 cm³/mol. The SMILES string of the molecule is CCOC(C)Cn1cc(C(=O)C(Cl)(Cl)Cl)cc1C(=O)OC. The summed E-state index contributed by atoms with van der Waals surface area (Å²) in [4.78, 5) is 23.7. The molecule has 1 unspecified atom stereocenters. The zero-order valence-electron chi connectivity index (χ0n) is 11.9. The van der Waals surface area contributed by atoms with Gasteiger partial charge in [-0.25, -0.2) is 4.79 Å². The third kappa shape index (κ3) is 4.88. The number of rotatable bonds is 6. The summed E-state index contributed by atoms with van der Waals surface area (Å²) < 4.78 is 9.57. The van der Waals surface area contributed by atoms with Gasteiger partial charge >= 0.3 is 5.97 Å². The summed E-state index contributed by atoms with van der Waals surface area (Å²) in [6.45, 7) is 4.62. The van der Waals surface area contributed by atoms with Crippen molar-refractivity contribution in [2.45, 2.75) is 30.3 Å². The van der Waals surface area contributed by atoms with E-state index in [9.17, 15) is 9.59 Å². The fourth-order valence-corrected chi connectivity index (χ4v) is 2.17. The molecule has 1 atom stereocenters. The maximum Gasteiger partial charge on any atom is 0.354 e. The van der Waals surface area contributed by atoms with Gasteiger partial charge in [0.2, 0.25) is 5.78 Å². The van der Waals surface area contributed by atoms with Gasteiger partial charge in [0, 0.05) is 24.9 Å². The van der Waals surface area contributed by atoms with Gasteiger partial charge in [0.25, 0.3) is 3.79 Å². The third-order valence-electron chi connectivity index (χ3n) is 2.72. The van der Waals surface area contributed by atoms with E-state index in [4.69, 9.17) is 39.5 Å². The molecule has 8 heteroatoms. The molecule has 21 heavy (non-hydrogen) atoms. The number of methoxy groups -OCH3 is 1. The zero-order chi connectivity index (χ0) is 16.2. The van der Waals surface area contributed by atoms with E-state index in [0.717, 1.165) is 0 Å². The number of alkyl halides is 3. The Morgan fingerprint density at radius 3 is 2.48 bits per heavy atom. The highest BCUT2D eigenvalue weighted by atomic mass is 35.6. The summed E-state index contributed by atoms with van der Waals surface area (Å²) in [5.74, 6) is -1.29. The second-order valence-electron chi connectivity index (χ2n) is 4.35. The van der Waals surface area contributed by atoms with Crippen molar-refractivity contribution in [1.82, 2.24) is 4.57 Å². The fourth-order valence-electron chi connectivity index (χ4n) is 1.84. The van der Waals surface area contributed by atoms with Crippen LogP contribution in [0.3, 0.4) is 0 Å². The highest BCUT2D eigenvalue weighted by molar-refractivity contribution is 6.77. The lowest BCUT2D eigenvalue weighted by Gasteiger charge is -2.14. The molecule has 0 spiro atoms. The van der Waals surface area contributed by atoms with Gasteiger partial charge in [0.1, 0.15) is 5.69 Å². The predicted octanol–water partition coefficient (Wildman–Crippen LogP) is 3.25. The quantitative estimate of drug-likeness (QED) is 0.446. The normalized spacial score (nSPS) is 13.0. The number of esters is 1. The van der Waals surface area contributed by atoms with Crippen LogP contribution in [0.15, 0.2) is 12.3 Å². The van der Waals surface area contributed by atoms with Gasteiger partial charge in [-0.2, -0.15) is 0 Å². The Kier molecular flexibility index (Phi) is 6.53. The van der Waals surface area contributed by atoms with Crippen LogP contribution in [-0.2, 0) is 16.0 Å². The first kappa shape index (κ1) is 18.3. The first-order valence-electron chi connectivity index (χ1n) is 6.22. The second-order valence-corrected chi connectivity index (χ2v) is 6.63. The van der Waals surface area contributed by atoms with Gasteiger partial charge in [-0.15, -0.1) is 0 Å². The summed E-state index contributed by atoms with van der Waals surface area (Å²) in [5.41, 5.74) is 0.320. The standard InChI is InChI=1S/C13H16Cl3NO4/c1-4-21-8(2)6-17-7-9(11(18)13(14,15)16)5-10(17)12(19)20-3/h5,7-8H,4,6H2,1-3H3. The molecule has 5 nitrogen and oxygen atoms in total. The van der Waals surface area contributed by atoms with Crippen LogP contribution in [0, 0.1) is 0 Å². The number of halogens is 3. The maximum atomic E-state index is 12.0. The van der Waals surface area contributed by atoms with Gasteiger partial charge < -0.3 is 14.0 Å². The molecule has 0 aliphatic rings. The molecule has 118 valence electrons. The Labute approximate surface area is 138 Å². The van der Waals surface area contributed by atoms with E-state index in [0.29, 0.717) is 13.2 Å². The topological polar surface area (TPSA) is 57.5 Å². The minimum atomic E-state index is -2.08. The lowest BCUT2D eigenvalue weighted by Crippen LogP contribution is -2.20. The van der Waals surface area contributed by atoms with E-state index in [1.165, 1.54) is 19.4 Å². The van der Waals surface area contributed by atoms with Crippen molar-refractivity contribution in [3.8, 4) is 0 Å². The Hall–Kier alpha value is -0.750. The largest absolute Gasteiger partial charge is 0.464 e. The molecular formula is C13H16Cl3NO4.